The van der Waals surface area contributed by atoms with Gasteiger partial charge in [-0.15, -0.1) is 0 Å². The highest BCUT2D eigenvalue weighted by Gasteiger charge is 2.18. The quantitative estimate of drug-likeness (QED) is 0.262. The van der Waals surface area contributed by atoms with Gasteiger partial charge in [0, 0.05) is 11.4 Å². The van der Waals surface area contributed by atoms with Crippen molar-refractivity contribution in [1.82, 2.24) is 0 Å². The van der Waals surface area contributed by atoms with E-state index in [0.717, 1.165) is 5.56 Å². The van der Waals surface area contributed by atoms with Gasteiger partial charge in [-0.25, -0.2) is 9.59 Å². The highest BCUT2D eigenvalue weighted by molar-refractivity contribution is 9.10. The summed E-state index contributed by atoms with van der Waals surface area (Å²) >= 11 is 15.3. The van der Waals surface area contributed by atoms with E-state index in [1.54, 1.807) is 18.2 Å². The topological polar surface area (TPSA) is 61.8 Å². The molecule has 0 atom stereocenters. The van der Waals surface area contributed by atoms with Crippen LogP contribution in [0.1, 0.15) is 15.9 Å². The van der Waals surface area contributed by atoms with E-state index < -0.39 is 18.5 Å². The summed E-state index contributed by atoms with van der Waals surface area (Å²) in [5, 5.41) is 0.668. The number of benzene rings is 3. The van der Waals surface area contributed by atoms with Gasteiger partial charge in [0.1, 0.15) is 11.3 Å². The van der Waals surface area contributed by atoms with Crippen LogP contribution >= 0.6 is 39.1 Å². The van der Waals surface area contributed by atoms with E-state index in [4.69, 9.17) is 37.4 Å². The first kappa shape index (κ1) is 23.1. The molecule has 31 heavy (non-hydrogen) atoms. The van der Waals surface area contributed by atoms with E-state index in [1.165, 1.54) is 18.2 Å². The van der Waals surface area contributed by atoms with E-state index >= 15 is 0 Å². The van der Waals surface area contributed by atoms with Crippen LogP contribution in [-0.4, -0.2) is 25.2 Å². The number of hydrogen-bond donors (Lipinski definition) is 0. The molecule has 3 aromatic carbocycles. The Labute approximate surface area is 198 Å². The van der Waals surface area contributed by atoms with Crippen molar-refractivity contribution in [1.29, 1.82) is 0 Å². The zero-order chi connectivity index (χ0) is 22.2. The van der Waals surface area contributed by atoms with Gasteiger partial charge in [-0.2, -0.15) is 0 Å². The Bertz CT molecular complexity index is 1050. The maximum absolute atomic E-state index is 12.5. The van der Waals surface area contributed by atoms with Crippen molar-refractivity contribution in [3.05, 3.63) is 92.4 Å². The smallest absolute Gasteiger partial charge is 0.349 e. The molecule has 0 N–H and O–H groups in total. The summed E-state index contributed by atoms with van der Waals surface area (Å²) < 4.78 is 16.6. The molecule has 0 heterocycles. The predicted molar refractivity (Wildman–Crippen MR) is 122 cm³/mol. The number of esters is 2. The summed E-state index contributed by atoms with van der Waals surface area (Å²) in [6.07, 6.45) is 0.582. The molecular weight excluding hydrogens is 507 g/mol. The van der Waals surface area contributed by atoms with Crippen LogP contribution in [0.3, 0.4) is 0 Å². The van der Waals surface area contributed by atoms with Crippen LogP contribution in [0.4, 0.5) is 0 Å². The van der Waals surface area contributed by atoms with Crippen LogP contribution in [0.25, 0.3) is 0 Å². The molecule has 160 valence electrons. The number of rotatable bonds is 8. The molecule has 0 radical (unpaired) electrons. The molecule has 0 aliphatic rings. The van der Waals surface area contributed by atoms with Gasteiger partial charge in [-0.3, -0.25) is 0 Å². The van der Waals surface area contributed by atoms with Gasteiger partial charge < -0.3 is 14.2 Å². The molecule has 8 heteroatoms. The number of carbonyl (C=O) groups is 2. The first-order chi connectivity index (χ1) is 14.9. The minimum atomic E-state index is -0.706. The van der Waals surface area contributed by atoms with Crippen LogP contribution in [0.2, 0.25) is 10.0 Å². The Kier molecular flexibility index (Phi) is 8.35. The average Bonchev–Trinajstić information content (AvgIpc) is 2.74. The van der Waals surface area contributed by atoms with Gasteiger partial charge in [-0.1, -0.05) is 65.7 Å². The highest BCUT2D eigenvalue weighted by atomic mass is 79.9. The van der Waals surface area contributed by atoms with Crippen LogP contribution < -0.4 is 9.47 Å². The van der Waals surface area contributed by atoms with Gasteiger partial charge in [0.05, 0.1) is 16.1 Å². The molecular formula is C23H17BrCl2O5. The normalized spacial score (nSPS) is 10.4. The summed E-state index contributed by atoms with van der Waals surface area (Å²) in [4.78, 5) is 24.7. The fourth-order valence-corrected chi connectivity index (χ4v) is 4.03. The maximum atomic E-state index is 12.5. The van der Waals surface area contributed by atoms with Crippen molar-refractivity contribution in [2.24, 2.45) is 0 Å². The third kappa shape index (κ3) is 6.72. The third-order valence-electron chi connectivity index (χ3n) is 4.09. The number of ether oxygens (including phenoxy) is 3. The summed E-state index contributed by atoms with van der Waals surface area (Å²) in [6, 6.07) is 19.1. The number of halogens is 3. The number of carbonyl (C=O) groups excluding carboxylic acids is 2. The second-order valence-electron chi connectivity index (χ2n) is 6.33. The Morgan fingerprint density at radius 1 is 0.935 bits per heavy atom. The Hall–Kier alpha value is -2.54. The van der Waals surface area contributed by atoms with Crippen molar-refractivity contribution < 1.29 is 23.8 Å². The lowest BCUT2D eigenvalue weighted by Gasteiger charge is -2.12. The summed E-state index contributed by atoms with van der Waals surface area (Å²) in [5.41, 5.74) is 1.20. The molecule has 0 saturated heterocycles. The molecule has 5 nitrogen and oxygen atoms in total. The first-order valence-corrected chi connectivity index (χ1v) is 10.8. The van der Waals surface area contributed by atoms with Crippen molar-refractivity contribution >= 4 is 51.1 Å². The largest absolute Gasteiger partial charge is 0.479 e. The molecule has 0 aliphatic carbocycles. The van der Waals surface area contributed by atoms with Crippen LogP contribution in [0.15, 0.2) is 71.2 Å². The molecule has 3 rings (SSSR count). The monoisotopic (exact) mass is 522 g/mol. The lowest BCUT2D eigenvalue weighted by molar-refractivity contribution is -0.136. The van der Waals surface area contributed by atoms with E-state index in [1.807, 2.05) is 30.3 Å². The zero-order valence-corrected chi connectivity index (χ0v) is 19.2. The van der Waals surface area contributed by atoms with Gasteiger partial charge in [0.2, 0.25) is 0 Å². The van der Waals surface area contributed by atoms with Gasteiger partial charge in [0.15, 0.2) is 12.4 Å². The van der Waals surface area contributed by atoms with Crippen LogP contribution in [0.5, 0.6) is 11.5 Å². The molecule has 0 aromatic heterocycles. The van der Waals surface area contributed by atoms with Crippen molar-refractivity contribution in [3.8, 4) is 11.5 Å². The Balaban J connectivity index is 1.58. The Morgan fingerprint density at radius 2 is 1.65 bits per heavy atom. The van der Waals surface area contributed by atoms with Gasteiger partial charge in [0.25, 0.3) is 0 Å². The van der Waals surface area contributed by atoms with E-state index in [0.29, 0.717) is 15.9 Å². The molecule has 0 aliphatic heterocycles. The van der Waals surface area contributed by atoms with Crippen molar-refractivity contribution in [3.63, 3.8) is 0 Å². The molecule has 0 spiro atoms. The predicted octanol–water partition coefficient (Wildman–Crippen LogP) is 6.14. The molecule has 0 saturated carbocycles. The average molecular weight is 524 g/mol. The molecule has 3 aromatic rings. The minimum Gasteiger partial charge on any atom is -0.479 e. The van der Waals surface area contributed by atoms with Crippen LogP contribution in [0, 0.1) is 0 Å². The van der Waals surface area contributed by atoms with Crippen LogP contribution in [-0.2, 0) is 16.0 Å². The van der Waals surface area contributed by atoms with Gasteiger partial charge >= 0.3 is 11.9 Å². The SMILES string of the molecule is O=C(COc1c(Cl)cc(Cl)cc1Br)Oc1ccccc1C(=O)OCCc1ccccc1. The summed E-state index contributed by atoms with van der Waals surface area (Å²) in [7, 11) is 0. The van der Waals surface area contributed by atoms with E-state index in [-0.39, 0.29) is 28.7 Å². The fourth-order valence-electron chi connectivity index (χ4n) is 2.66. The molecule has 0 unspecified atom stereocenters. The molecule has 0 bridgehead atoms. The summed E-state index contributed by atoms with van der Waals surface area (Å²) in [6.45, 7) is -0.214. The van der Waals surface area contributed by atoms with E-state index in [9.17, 15) is 9.59 Å². The van der Waals surface area contributed by atoms with Crippen molar-refractivity contribution in [2.75, 3.05) is 13.2 Å². The number of para-hydroxylation sites is 1. The maximum Gasteiger partial charge on any atom is 0.349 e. The second kappa shape index (κ2) is 11.2. The third-order valence-corrected chi connectivity index (χ3v) is 5.18. The standard InChI is InChI=1S/C23H17BrCl2O5/c24-18-12-16(25)13-19(26)22(18)30-14-21(27)31-20-9-5-4-8-17(20)23(28)29-11-10-15-6-2-1-3-7-15/h1-9,12-13H,10-11,14H2. The fraction of sp³-hybridized carbons (Fsp3) is 0.130. The zero-order valence-electron chi connectivity index (χ0n) is 16.1. The van der Waals surface area contributed by atoms with E-state index in [2.05, 4.69) is 15.9 Å². The second-order valence-corrected chi connectivity index (χ2v) is 8.03. The minimum absolute atomic E-state index is 0.0853. The van der Waals surface area contributed by atoms with Gasteiger partial charge in [-0.05, 0) is 45.8 Å². The molecule has 0 amide bonds. The van der Waals surface area contributed by atoms with Crippen molar-refractivity contribution in [2.45, 2.75) is 6.42 Å². The lowest BCUT2D eigenvalue weighted by Crippen LogP contribution is -2.20. The highest BCUT2D eigenvalue weighted by Crippen LogP contribution is 2.36. The molecule has 0 fully saturated rings. The Morgan fingerprint density at radius 3 is 2.39 bits per heavy atom. The first-order valence-electron chi connectivity index (χ1n) is 9.22. The summed E-state index contributed by atoms with van der Waals surface area (Å²) in [5.74, 6) is -0.940. The number of hydrogen-bond acceptors (Lipinski definition) is 5. The lowest BCUT2D eigenvalue weighted by atomic mass is 10.2.